The van der Waals surface area contributed by atoms with Crippen LogP contribution in [0.25, 0.3) is 0 Å². The molecule has 3 nitrogen and oxygen atoms in total. The van der Waals surface area contributed by atoms with Gasteiger partial charge < -0.3 is 9.84 Å². The van der Waals surface area contributed by atoms with Crippen LogP contribution in [0, 0.1) is 5.92 Å². The molecule has 0 amide bonds. The zero-order valence-corrected chi connectivity index (χ0v) is 9.28. The van der Waals surface area contributed by atoms with Gasteiger partial charge in [0.15, 0.2) is 0 Å². The minimum absolute atomic E-state index is 0.102. The van der Waals surface area contributed by atoms with Crippen molar-refractivity contribution < 1.29 is 27.8 Å². The SMILES string of the molecule is O=C(O)C1CCOC1c1ccccc1C(F)(F)F. The summed E-state index contributed by atoms with van der Waals surface area (Å²) in [5.41, 5.74) is -0.932. The molecule has 1 aliphatic rings. The second kappa shape index (κ2) is 4.61. The first-order valence-corrected chi connectivity index (χ1v) is 5.42. The van der Waals surface area contributed by atoms with Gasteiger partial charge in [-0.2, -0.15) is 13.2 Å². The second-order valence-electron chi connectivity index (χ2n) is 4.11. The lowest BCUT2D eigenvalue weighted by Crippen LogP contribution is -2.20. The first-order valence-electron chi connectivity index (χ1n) is 5.42. The number of carbonyl (C=O) groups is 1. The topological polar surface area (TPSA) is 46.5 Å². The summed E-state index contributed by atoms with van der Waals surface area (Å²) in [6.07, 6.45) is -5.31. The number of carboxylic acids is 1. The Morgan fingerprint density at radius 2 is 2.00 bits per heavy atom. The molecule has 0 aromatic heterocycles. The molecule has 0 saturated carbocycles. The molecule has 1 aromatic carbocycles. The predicted octanol–water partition coefficient (Wildman–Crippen LogP) is 2.87. The average molecular weight is 260 g/mol. The average Bonchev–Trinajstić information content (AvgIpc) is 2.76. The van der Waals surface area contributed by atoms with Crippen LogP contribution in [-0.4, -0.2) is 17.7 Å². The third-order valence-corrected chi connectivity index (χ3v) is 2.98. The van der Waals surface area contributed by atoms with Gasteiger partial charge in [0.05, 0.1) is 17.6 Å². The van der Waals surface area contributed by atoms with Crippen LogP contribution in [0.1, 0.15) is 23.7 Å². The van der Waals surface area contributed by atoms with Crippen molar-refractivity contribution in [2.45, 2.75) is 18.7 Å². The number of aliphatic carboxylic acids is 1. The third-order valence-electron chi connectivity index (χ3n) is 2.98. The first-order chi connectivity index (χ1) is 8.41. The van der Waals surface area contributed by atoms with Crippen molar-refractivity contribution in [3.63, 3.8) is 0 Å². The summed E-state index contributed by atoms with van der Waals surface area (Å²) < 4.78 is 43.6. The summed E-state index contributed by atoms with van der Waals surface area (Å²) in [6.45, 7) is 0.161. The molecule has 1 aliphatic heterocycles. The van der Waals surface area contributed by atoms with Gasteiger partial charge >= 0.3 is 12.1 Å². The molecule has 1 saturated heterocycles. The molecule has 1 aromatic rings. The molecule has 2 unspecified atom stereocenters. The molecule has 1 fully saturated rings. The highest BCUT2D eigenvalue weighted by Gasteiger charge is 2.41. The van der Waals surface area contributed by atoms with E-state index in [4.69, 9.17) is 9.84 Å². The van der Waals surface area contributed by atoms with Gasteiger partial charge in [0.1, 0.15) is 0 Å². The van der Waals surface area contributed by atoms with Crippen LogP contribution in [0.3, 0.4) is 0 Å². The van der Waals surface area contributed by atoms with E-state index in [2.05, 4.69) is 0 Å². The largest absolute Gasteiger partial charge is 0.481 e. The molecule has 6 heteroatoms. The Balaban J connectivity index is 2.42. The van der Waals surface area contributed by atoms with Crippen LogP contribution in [-0.2, 0) is 15.7 Å². The summed E-state index contributed by atoms with van der Waals surface area (Å²) in [7, 11) is 0. The van der Waals surface area contributed by atoms with E-state index in [0.29, 0.717) is 0 Å². The van der Waals surface area contributed by atoms with E-state index in [1.165, 1.54) is 18.2 Å². The van der Waals surface area contributed by atoms with Crippen LogP contribution in [0.15, 0.2) is 24.3 Å². The van der Waals surface area contributed by atoms with Gasteiger partial charge in [-0.3, -0.25) is 4.79 Å². The number of hydrogen-bond donors (Lipinski definition) is 1. The van der Waals surface area contributed by atoms with Gasteiger partial charge in [-0.25, -0.2) is 0 Å². The molecule has 1 heterocycles. The molecule has 2 atom stereocenters. The number of benzene rings is 1. The van der Waals surface area contributed by atoms with Crippen molar-refractivity contribution in [2.24, 2.45) is 5.92 Å². The zero-order chi connectivity index (χ0) is 13.3. The molecule has 1 N–H and O–H groups in total. The number of halogens is 3. The minimum atomic E-state index is -4.51. The molecule has 0 radical (unpaired) electrons. The van der Waals surface area contributed by atoms with Crippen molar-refractivity contribution >= 4 is 5.97 Å². The van der Waals surface area contributed by atoms with E-state index in [-0.39, 0.29) is 18.6 Å². The summed E-state index contributed by atoms with van der Waals surface area (Å²) in [5, 5.41) is 8.98. The van der Waals surface area contributed by atoms with Crippen LogP contribution in [0.5, 0.6) is 0 Å². The Bertz CT molecular complexity index is 456. The molecule has 98 valence electrons. The monoisotopic (exact) mass is 260 g/mol. The van der Waals surface area contributed by atoms with Crippen LogP contribution in [0.2, 0.25) is 0 Å². The van der Waals surface area contributed by atoms with Crippen LogP contribution in [0.4, 0.5) is 13.2 Å². The highest BCUT2D eigenvalue weighted by molar-refractivity contribution is 5.71. The Hall–Kier alpha value is -1.56. The van der Waals surface area contributed by atoms with Crippen molar-refractivity contribution in [1.82, 2.24) is 0 Å². The van der Waals surface area contributed by atoms with Gasteiger partial charge in [-0.1, -0.05) is 18.2 Å². The Morgan fingerprint density at radius 3 is 2.61 bits per heavy atom. The summed E-state index contributed by atoms with van der Waals surface area (Å²) in [4.78, 5) is 11.0. The molecule has 0 aliphatic carbocycles. The summed E-state index contributed by atoms with van der Waals surface area (Å²) in [6, 6.07) is 4.94. The predicted molar refractivity (Wildman–Crippen MR) is 55.9 cm³/mol. The molecule has 0 spiro atoms. The lowest BCUT2D eigenvalue weighted by Gasteiger charge is -2.20. The Labute approximate surface area is 101 Å². The fourth-order valence-corrected chi connectivity index (χ4v) is 2.15. The van der Waals surface area contributed by atoms with Gasteiger partial charge in [-0.05, 0) is 18.1 Å². The summed E-state index contributed by atoms with van der Waals surface area (Å²) in [5.74, 6) is -2.05. The Morgan fingerprint density at radius 1 is 1.33 bits per heavy atom. The van der Waals surface area contributed by atoms with Gasteiger partial charge in [-0.15, -0.1) is 0 Å². The molecular weight excluding hydrogens is 249 g/mol. The van der Waals surface area contributed by atoms with Crippen molar-refractivity contribution in [3.8, 4) is 0 Å². The highest BCUT2D eigenvalue weighted by Crippen LogP contribution is 2.41. The molecule has 2 rings (SSSR count). The molecule has 18 heavy (non-hydrogen) atoms. The van der Waals surface area contributed by atoms with E-state index in [0.717, 1.165) is 6.07 Å². The lowest BCUT2D eigenvalue weighted by atomic mass is 9.92. The minimum Gasteiger partial charge on any atom is -0.481 e. The number of rotatable bonds is 2. The first kappa shape index (κ1) is 12.9. The van der Waals surface area contributed by atoms with Crippen LogP contribution >= 0.6 is 0 Å². The Kier molecular flexibility index (Phi) is 3.30. The second-order valence-corrected chi connectivity index (χ2v) is 4.11. The fraction of sp³-hybridized carbons (Fsp3) is 0.417. The maximum absolute atomic E-state index is 12.8. The molecular formula is C12H11F3O3. The normalized spacial score (nSPS) is 24.2. The number of hydrogen-bond acceptors (Lipinski definition) is 2. The number of carboxylic acid groups (broad SMARTS) is 1. The van der Waals surface area contributed by atoms with E-state index >= 15 is 0 Å². The van der Waals surface area contributed by atoms with E-state index < -0.39 is 29.7 Å². The smallest absolute Gasteiger partial charge is 0.416 e. The van der Waals surface area contributed by atoms with Gasteiger partial charge in [0.25, 0.3) is 0 Å². The van der Waals surface area contributed by atoms with Gasteiger partial charge in [0, 0.05) is 6.61 Å². The number of ether oxygens (including phenoxy) is 1. The molecule has 0 bridgehead atoms. The van der Waals surface area contributed by atoms with E-state index in [1.807, 2.05) is 0 Å². The number of alkyl halides is 3. The van der Waals surface area contributed by atoms with Crippen LogP contribution < -0.4 is 0 Å². The van der Waals surface area contributed by atoms with Crippen molar-refractivity contribution in [2.75, 3.05) is 6.61 Å². The lowest BCUT2D eigenvalue weighted by molar-refractivity contribution is -0.146. The maximum atomic E-state index is 12.8. The third kappa shape index (κ3) is 2.33. The van der Waals surface area contributed by atoms with Crippen molar-refractivity contribution in [1.29, 1.82) is 0 Å². The standard InChI is InChI=1S/C12H11F3O3/c13-12(14,15)9-4-2-1-3-7(9)10-8(11(16)17)5-6-18-10/h1-4,8,10H,5-6H2,(H,16,17). The quantitative estimate of drug-likeness (QED) is 0.889. The highest BCUT2D eigenvalue weighted by atomic mass is 19.4. The zero-order valence-electron chi connectivity index (χ0n) is 9.28. The van der Waals surface area contributed by atoms with Gasteiger partial charge in [0.2, 0.25) is 0 Å². The summed E-state index contributed by atoms with van der Waals surface area (Å²) >= 11 is 0. The van der Waals surface area contributed by atoms with E-state index in [9.17, 15) is 18.0 Å². The van der Waals surface area contributed by atoms with Crippen molar-refractivity contribution in [3.05, 3.63) is 35.4 Å². The maximum Gasteiger partial charge on any atom is 0.416 e. The van der Waals surface area contributed by atoms with E-state index in [1.54, 1.807) is 0 Å². The fourth-order valence-electron chi connectivity index (χ4n) is 2.15.